The third kappa shape index (κ3) is 4.66. The molecule has 26 heavy (non-hydrogen) atoms. The molecule has 0 spiro atoms. The summed E-state index contributed by atoms with van der Waals surface area (Å²) in [5.74, 6) is 1.06. The predicted molar refractivity (Wildman–Crippen MR) is 111 cm³/mol. The molecule has 2 atom stereocenters. The molecule has 0 aliphatic heterocycles. The molecule has 2 heteroatoms. The second kappa shape index (κ2) is 9.10. The molecular formula is C24H28O2. The second-order valence-electron chi connectivity index (χ2n) is 6.77. The first-order valence-electron chi connectivity index (χ1n) is 9.02. The summed E-state index contributed by atoms with van der Waals surface area (Å²) in [7, 11) is 0. The molecule has 2 aromatic carbocycles. The van der Waals surface area contributed by atoms with E-state index in [1.807, 2.05) is 36.4 Å². The van der Waals surface area contributed by atoms with Crippen molar-refractivity contribution in [2.24, 2.45) is 11.8 Å². The number of benzene rings is 2. The van der Waals surface area contributed by atoms with Crippen molar-refractivity contribution in [2.45, 2.75) is 26.7 Å². The van der Waals surface area contributed by atoms with E-state index >= 15 is 0 Å². The van der Waals surface area contributed by atoms with Gasteiger partial charge in [0.1, 0.15) is 11.5 Å². The van der Waals surface area contributed by atoms with Gasteiger partial charge in [-0.05, 0) is 71.2 Å². The lowest BCUT2D eigenvalue weighted by Crippen LogP contribution is -2.08. The molecule has 0 bridgehead atoms. The summed E-state index contributed by atoms with van der Waals surface area (Å²) in [5, 5.41) is 19.4. The number of hydrogen-bond acceptors (Lipinski definition) is 2. The molecule has 0 amide bonds. The van der Waals surface area contributed by atoms with Crippen LogP contribution in [0.15, 0.2) is 73.8 Å². The van der Waals surface area contributed by atoms with Crippen LogP contribution in [-0.4, -0.2) is 10.2 Å². The van der Waals surface area contributed by atoms with Gasteiger partial charge in [0.2, 0.25) is 0 Å². The lowest BCUT2D eigenvalue weighted by Gasteiger charge is -2.25. The summed E-state index contributed by atoms with van der Waals surface area (Å²) in [5.41, 5.74) is 4.67. The first-order chi connectivity index (χ1) is 12.5. The average molecular weight is 348 g/mol. The quantitative estimate of drug-likeness (QED) is 0.426. The van der Waals surface area contributed by atoms with Gasteiger partial charge in [0.05, 0.1) is 0 Å². The fourth-order valence-corrected chi connectivity index (χ4v) is 3.43. The van der Waals surface area contributed by atoms with Crippen LogP contribution in [0.1, 0.15) is 37.8 Å². The van der Waals surface area contributed by atoms with Crippen molar-refractivity contribution in [1.82, 2.24) is 0 Å². The van der Waals surface area contributed by atoms with Crippen molar-refractivity contribution < 1.29 is 10.2 Å². The van der Waals surface area contributed by atoms with E-state index in [0.29, 0.717) is 0 Å². The Morgan fingerprint density at radius 3 is 1.31 bits per heavy atom. The molecule has 2 unspecified atom stereocenters. The monoisotopic (exact) mass is 348 g/mol. The van der Waals surface area contributed by atoms with Crippen molar-refractivity contribution in [1.29, 1.82) is 0 Å². The Bertz CT molecular complexity index is 699. The Balaban J connectivity index is 2.74. The maximum Gasteiger partial charge on any atom is 0.115 e. The molecular weight excluding hydrogens is 320 g/mol. The fourth-order valence-electron chi connectivity index (χ4n) is 3.43. The van der Waals surface area contributed by atoms with Gasteiger partial charge in [-0.15, -0.1) is 13.2 Å². The van der Waals surface area contributed by atoms with Crippen molar-refractivity contribution in [2.75, 3.05) is 0 Å². The maximum atomic E-state index is 9.69. The highest BCUT2D eigenvalue weighted by atomic mass is 16.3. The van der Waals surface area contributed by atoms with E-state index in [4.69, 9.17) is 0 Å². The zero-order valence-electron chi connectivity index (χ0n) is 15.7. The SMILES string of the molecule is C=CCC(C)/C(=C(\c1ccc(O)cc1)C(C)CC=C)c1ccc(O)cc1. The fraction of sp³-hybridized carbons (Fsp3) is 0.250. The summed E-state index contributed by atoms with van der Waals surface area (Å²) in [6.45, 7) is 12.2. The Morgan fingerprint density at radius 1 is 0.731 bits per heavy atom. The number of rotatable bonds is 8. The standard InChI is InChI=1S/C24H28O2/c1-5-7-17(3)23(19-9-13-21(25)14-10-19)24(18(4)8-6-2)20-11-15-22(26)16-12-20/h5-6,9-18,25-26H,1-2,7-8H2,3-4H3/b24-23+. The zero-order valence-corrected chi connectivity index (χ0v) is 15.7. The van der Waals surface area contributed by atoms with Gasteiger partial charge in [-0.3, -0.25) is 0 Å². The Hall–Kier alpha value is -2.74. The summed E-state index contributed by atoms with van der Waals surface area (Å²) in [6.07, 6.45) is 5.60. The Labute approximate surface area is 156 Å². The van der Waals surface area contributed by atoms with E-state index in [2.05, 4.69) is 27.0 Å². The predicted octanol–water partition coefficient (Wildman–Crippen LogP) is 6.43. The van der Waals surface area contributed by atoms with Crippen molar-refractivity contribution in [3.8, 4) is 11.5 Å². The van der Waals surface area contributed by atoms with Gasteiger partial charge in [-0.25, -0.2) is 0 Å². The second-order valence-corrected chi connectivity index (χ2v) is 6.77. The van der Waals surface area contributed by atoms with Crippen LogP contribution in [0.5, 0.6) is 11.5 Å². The lowest BCUT2D eigenvalue weighted by molar-refractivity contribution is 0.474. The van der Waals surface area contributed by atoms with Crippen LogP contribution in [0.2, 0.25) is 0 Å². The number of phenolic OH excluding ortho intramolecular Hbond substituents is 2. The molecule has 2 rings (SSSR count). The van der Waals surface area contributed by atoms with E-state index in [1.54, 1.807) is 24.3 Å². The van der Waals surface area contributed by atoms with Gasteiger partial charge in [-0.1, -0.05) is 50.3 Å². The van der Waals surface area contributed by atoms with Crippen LogP contribution < -0.4 is 0 Å². The molecule has 0 radical (unpaired) electrons. The van der Waals surface area contributed by atoms with E-state index in [1.165, 1.54) is 11.1 Å². The molecule has 2 N–H and O–H groups in total. The summed E-state index contributed by atoms with van der Waals surface area (Å²) in [6, 6.07) is 14.8. The number of phenols is 2. The van der Waals surface area contributed by atoms with Crippen molar-refractivity contribution in [3.63, 3.8) is 0 Å². The Morgan fingerprint density at radius 2 is 1.04 bits per heavy atom. The summed E-state index contributed by atoms with van der Waals surface area (Å²) < 4.78 is 0. The number of hydrogen-bond donors (Lipinski definition) is 2. The Kier molecular flexibility index (Phi) is 6.85. The maximum absolute atomic E-state index is 9.69. The van der Waals surface area contributed by atoms with Gasteiger partial charge >= 0.3 is 0 Å². The normalized spacial score (nSPS) is 14.2. The third-order valence-electron chi connectivity index (χ3n) is 4.67. The van der Waals surface area contributed by atoms with Crippen LogP contribution in [0.3, 0.4) is 0 Å². The summed E-state index contributed by atoms with van der Waals surface area (Å²) >= 11 is 0. The summed E-state index contributed by atoms with van der Waals surface area (Å²) in [4.78, 5) is 0. The molecule has 0 saturated carbocycles. The van der Waals surface area contributed by atoms with Gasteiger partial charge in [0.25, 0.3) is 0 Å². The lowest BCUT2D eigenvalue weighted by atomic mass is 9.79. The van der Waals surface area contributed by atoms with Crippen molar-refractivity contribution in [3.05, 3.63) is 85.0 Å². The van der Waals surface area contributed by atoms with Gasteiger partial charge in [0.15, 0.2) is 0 Å². The van der Waals surface area contributed by atoms with Crippen LogP contribution in [0.25, 0.3) is 11.1 Å². The third-order valence-corrected chi connectivity index (χ3v) is 4.67. The minimum atomic E-state index is 0.259. The molecule has 0 fully saturated rings. The minimum absolute atomic E-state index is 0.259. The molecule has 136 valence electrons. The number of aromatic hydroxyl groups is 2. The van der Waals surface area contributed by atoms with E-state index in [0.717, 1.165) is 24.0 Å². The van der Waals surface area contributed by atoms with Crippen molar-refractivity contribution >= 4 is 11.1 Å². The zero-order chi connectivity index (χ0) is 19.1. The average Bonchev–Trinajstić information content (AvgIpc) is 2.62. The first kappa shape index (κ1) is 19.6. The largest absolute Gasteiger partial charge is 0.508 e. The molecule has 0 saturated heterocycles. The minimum Gasteiger partial charge on any atom is -0.508 e. The topological polar surface area (TPSA) is 40.5 Å². The first-order valence-corrected chi connectivity index (χ1v) is 9.02. The van der Waals surface area contributed by atoms with E-state index in [-0.39, 0.29) is 23.3 Å². The molecule has 0 aliphatic carbocycles. The van der Waals surface area contributed by atoms with Crippen LogP contribution in [0, 0.1) is 11.8 Å². The van der Waals surface area contributed by atoms with Crippen LogP contribution in [0.4, 0.5) is 0 Å². The smallest absolute Gasteiger partial charge is 0.115 e. The van der Waals surface area contributed by atoms with Crippen LogP contribution >= 0.6 is 0 Å². The van der Waals surface area contributed by atoms with Gasteiger partial charge in [0, 0.05) is 0 Å². The highest BCUT2D eigenvalue weighted by Crippen LogP contribution is 2.40. The highest BCUT2D eigenvalue weighted by molar-refractivity contribution is 5.92. The molecule has 0 aromatic heterocycles. The molecule has 0 heterocycles. The van der Waals surface area contributed by atoms with E-state index in [9.17, 15) is 10.2 Å². The van der Waals surface area contributed by atoms with Gasteiger partial charge < -0.3 is 10.2 Å². The molecule has 2 nitrogen and oxygen atoms in total. The van der Waals surface area contributed by atoms with Gasteiger partial charge in [-0.2, -0.15) is 0 Å². The highest BCUT2D eigenvalue weighted by Gasteiger charge is 2.21. The molecule has 0 aliphatic rings. The van der Waals surface area contributed by atoms with Crippen LogP contribution in [-0.2, 0) is 0 Å². The molecule has 2 aromatic rings. The van der Waals surface area contributed by atoms with E-state index < -0.39 is 0 Å². The number of allylic oxidation sites excluding steroid dienone is 4.